The second-order valence-electron chi connectivity index (χ2n) is 0.519. The van der Waals surface area contributed by atoms with E-state index < -0.39 is 5.97 Å². The molecule has 1 N–H and O–H groups in total. The summed E-state index contributed by atoms with van der Waals surface area (Å²) in [6, 6.07) is 0. The lowest BCUT2D eigenvalue weighted by atomic mass is 10.3. The molecule has 0 bridgehead atoms. The van der Waals surface area contributed by atoms with Crippen LogP contribution in [0.5, 0.6) is 0 Å². The minimum Gasteiger partial charge on any atom is -0.481 e. The number of hydrogen-bond donors (Lipinski definition) is 1. The highest BCUT2D eigenvalue weighted by atomic mass is 16.4. The number of aliphatic carboxylic acids is 1. The van der Waals surface area contributed by atoms with Gasteiger partial charge in [-0.2, -0.15) is 0 Å². The minimum atomic E-state index is -0.833. The molecule has 0 radical (unpaired) electrons. The Bertz CT molecular complexity index is 27.0. The van der Waals surface area contributed by atoms with Gasteiger partial charge in [-0.15, -0.1) is 0 Å². The van der Waals surface area contributed by atoms with Gasteiger partial charge in [0, 0.05) is 6.92 Å². The van der Waals surface area contributed by atoms with Crippen molar-refractivity contribution in [2.45, 2.75) is 6.92 Å². The van der Waals surface area contributed by atoms with E-state index in [0.29, 0.717) is 0 Å². The molecule has 0 heterocycles. The van der Waals surface area contributed by atoms with Crippen molar-refractivity contribution in [2.24, 2.45) is 0 Å². The van der Waals surface area contributed by atoms with E-state index in [4.69, 9.17) is 9.90 Å². The lowest BCUT2D eigenvalue weighted by Gasteiger charge is -1.59. The van der Waals surface area contributed by atoms with Crippen LogP contribution >= 0.6 is 0 Å². The molecular weight excluding hydrogens is 55.0 g/mol. The molecule has 0 unspecified atom stereocenters. The van der Waals surface area contributed by atoms with Gasteiger partial charge in [-0.3, -0.25) is 4.79 Å². The first-order valence-corrected chi connectivity index (χ1v) is 0.928. The van der Waals surface area contributed by atoms with Crippen molar-refractivity contribution in [1.82, 2.24) is 0 Å². The van der Waals surface area contributed by atoms with Crippen LogP contribution in [0.4, 0.5) is 0 Å². The molecule has 0 saturated carbocycles. The molecule has 0 fully saturated rings. The van der Waals surface area contributed by atoms with Crippen LogP contribution < -0.4 is 0 Å². The fraction of sp³-hybridized carbons (Fsp3) is 0.500. The van der Waals surface area contributed by atoms with Gasteiger partial charge < -0.3 is 5.11 Å². The Hall–Kier alpha value is -0.530. The van der Waals surface area contributed by atoms with Gasteiger partial charge in [0.2, 0.25) is 0 Å². The summed E-state index contributed by atoms with van der Waals surface area (Å²) in [5.74, 6) is -0.833. The summed E-state index contributed by atoms with van der Waals surface area (Å²) in [5.41, 5.74) is 0. The third-order valence-electron chi connectivity index (χ3n) is 0. The summed E-state index contributed by atoms with van der Waals surface area (Å²) in [6.07, 6.45) is 0. The molecular formula is C2H4O2. The molecule has 2 nitrogen and oxygen atoms in total. The Morgan fingerprint density at radius 2 is 2.00 bits per heavy atom. The van der Waals surface area contributed by atoms with Crippen molar-refractivity contribution >= 4 is 5.97 Å². The zero-order valence-electron chi connectivity index (χ0n) is 2.36. The first-order valence-electron chi connectivity index (χ1n) is 0.928. The SMILES string of the molecule is [11CH3]C(=O)O. The predicted octanol–water partition coefficient (Wildman–Crippen LogP) is 0.0909. The van der Waals surface area contributed by atoms with Crippen LogP contribution in [0, 0.1) is 0 Å². The lowest BCUT2D eigenvalue weighted by molar-refractivity contribution is -0.134. The molecule has 24 valence electrons. The van der Waals surface area contributed by atoms with Crippen LogP contribution in [0.25, 0.3) is 0 Å². The Balaban J connectivity index is 2.80. The van der Waals surface area contributed by atoms with Gasteiger partial charge in [-0.05, 0) is 0 Å². The molecule has 0 aromatic heterocycles. The van der Waals surface area contributed by atoms with Crippen LogP contribution in [-0.4, -0.2) is 11.1 Å². The van der Waals surface area contributed by atoms with Gasteiger partial charge in [-0.25, -0.2) is 0 Å². The topological polar surface area (TPSA) is 37.3 Å². The van der Waals surface area contributed by atoms with E-state index in [0.717, 1.165) is 6.92 Å². The summed E-state index contributed by atoms with van der Waals surface area (Å²) in [4.78, 5) is 9.00. The molecule has 2 heteroatoms. The molecule has 0 aromatic carbocycles. The van der Waals surface area contributed by atoms with E-state index in [9.17, 15) is 0 Å². The Morgan fingerprint density at radius 1 is 2.00 bits per heavy atom. The van der Waals surface area contributed by atoms with E-state index in [1.54, 1.807) is 0 Å². The smallest absolute Gasteiger partial charge is 0.300 e. The highest BCUT2D eigenvalue weighted by molar-refractivity contribution is 5.62. The molecule has 0 aromatic rings. The number of carboxylic acids is 1. The van der Waals surface area contributed by atoms with E-state index >= 15 is 0 Å². The van der Waals surface area contributed by atoms with Crippen molar-refractivity contribution in [1.29, 1.82) is 0 Å². The maximum Gasteiger partial charge on any atom is 0.300 e. The number of carbonyl (C=O) groups is 1. The predicted molar refractivity (Wildman–Crippen MR) is 13.3 cm³/mol. The van der Waals surface area contributed by atoms with Gasteiger partial charge in [0.05, 0.1) is 0 Å². The zero-order chi connectivity index (χ0) is 3.58. The van der Waals surface area contributed by atoms with E-state index in [1.165, 1.54) is 0 Å². The van der Waals surface area contributed by atoms with Crippen molar-refractivity contribution in [3.63, 3.8) is 0 Å². The van der Waals surface area contributed by atoms with E-state index in [-0.39, 0.29) is 0 Å². The summed E-state index contributed by atoms with van der Waals surface area (Å²) < 4.78 is 0. The molecule has 0 aliphatic heterocycles. The summed E-state index contributed by atoms with van der Waals surface area (Å²) >= 11 is 0. The first kappa shape index (κ1) is 3.47. The second kappa shape index (κ2) is 0.875. The number of rotatable bonds is 0. The van der Waals surface area contributed by atoms with Crippen molar-refractivity contribution in [3.8, 4) is 0 Å². The monoisotopic (exact) mass is 59.0 g/mol. The van der Waals surface area contributed by atoms with E-state index in [2.05, 4.69) is 0 Å². The molecule has 0 aliphatic carbocycles. The first-order chi connectivity index (χ1) is 1.73. The van der Waals surface area contributed by atoms with Crippen molar-refractivity contribution in [2.75, 3.05) is 0 Å². The molecule has 0 amide bonds. The van der Waals surface area contributed by atoms with Gasteiger partial charge in [0.1, 0.15) is 0 Å². The second-order valence-corrected chi connectivity index (χ2v) is 0.519. The van der Waals surface area contributed by atoms with Crippen molar-refractivity contribution in [3.05, 3.63) is 0 Å². The number of hydrogen-bond acceptors (Lipinski definition) is 1. The van der Waals surface area contributed by atoms with Gasteiger partial charge >= 0.3 is 0 Å². The van der Waals surface area contributed by atoms with Gasteiger partial charge in [-0.1, -0.05) is 0 Å². The molecule has 0 rings (SSSR count). The zero-order valence-corrected chi connectivity index (χ0v) is 2.36. The fourth-order valence-corrected chi connectivity index (χ4v) is 0. The van der Waals surface area contributed by atoms with Crippen LogP contribution in [-0.2, 0) is 4.79 Å². The third kappa shape index (κ3) is 1.16. The van der Waals surface area contributed by atoms with Crippen LogP contribution in [0.2, 0.25) is 0 Å². The number of carboxylic acid groups (broad SMARTS) is 1. The summed E-state index contributed by atoms with van der Waals surface area (Å²) in [5, 5.41) is 7.42. The summed E-state index contributed by atoms with van der Waals surface area (Å²) in [7, 11) is 0. The maximum absolute atomic E-state index is 9.00. The van der Waals surface area contributed by atoms with Crippen LogP contribution in [0.15, 0.2) is 0 Å². The highest BCUT2D eigenvalue weighted by Gasteiger charge is 1.65. The largest absolute Gasteiger partial charge is 0.481 e. The normalized spacial score (nSPS) is 6.25. The average Bonchev–Trinajstić information content (AvgIpc) is 0.811. The third-order valence-corrected chi connectivity index (χ3v) is 0. The Kier molecular flexibility index (Phi) is 0.759. The molecule has 0 saturated heterocycles. The highest BCUT2D eigenvalue weighted by Crippen LogP contribution is 1.42. The van der Waals surface area contributed by atoms with Crippen molar-refractivity contribution < 1.29 is 9.90 Å². The Morgan fingerprint density at radius 3 is 2.00 bits per heavy atom. The van der Waals surface area contributed by atoms with Gasteiger partial charge in [0.25, 0.3) is 5.97 Å². The minimum absolute atomic E-state index is 0.833. The van der Waals surface area contributed by atoms with Crippen LogP contribution in [0.3, 0.4) is 0 Å². The average molecular weight is 59.1 g/mol. The fourth-order valence-electron chi connectivity index (χ4n) is 0. The molecule has 0 aliphatic rings. The standard InChI is InChI=1S/C2H4O2/c1-2(3)4/h1H3,(H,3,4)/i1-1. The summed E-state index contributed by atoms with van der Waals surface area (Å²) in [6.45, 7) is 1.08. The molecule has 4 heavy (non-hydrogen) atoms. The maximum atomic E-state index is 9.00. The lowest BCUT2D eigenvalue weighted by Crippen LogP contribution is -1.78. The Labute approximate surface area is 24.1 Å². The molecule has 0 atom stereocenters. The quantitative estimate of drug-likeness (QED) is 0.429. The van der Waals surface area contributed by atoms with Crippen LogP contribution in [0.1, 0.15) is 6.92 Å². The molecule has 0 spiro atoms. The van der Waals surface area contributed by atoms with E-state index in [1.807, 2.05) is 0 Å². The van der Waals surface area contributed by atoms with Gasteiger partial charge in [0.15, 0.2) is 0 Å².